The maximum Gasteiger partial charge on any atom is 0.195 e. The van der Waals surface area contributed by atoms with Crippen molar-refractivity contribution in [3.8, 4) is 0 Å². The van der Waals surface area contributed by atoms with Crippen molar-refractivity contribution in [2.24, 2.45) is 0 Å². The molecule has 0 saturated carbocycles. The first-order valence-electron chi connectivity index (χ1n) is 4.58. The summed E-state index contributed by atoms with van der Waals surface area (Å²) in [4.78, 5) is 16.0. The van der Waals surface area contributed by atoms with Crippen LogP contribution in [0.5, 0.6) is 0 Å². The molecule has 0 spiro atoms. The lowest BCUT2D eigenvalue weighted by molar-refractivity contribution is 0.111. The Morgan fingerprint density at radius 3 is 3.19 bits per heavy atom. The van der Waals surface area contributed by atoms with Gasteiger partial charge in [-0.3, -0.25) is 9.20 Å². The molecule has 2 aromatic heterocycles. The second kappa shape index (κ2) is 4.96. The van der Waals surface area contributed by atoms with Crippen LogP contribution in [-0.2, 0) is 0 Å². The first-order chi connectivity index (χ1) is 7.76. The molecule has 0 radical (unpaired) electrons. The molecule has 16 heavy (non-hydrogen) atoms. The van der Waals surface area contributed by atoms with Gasteiger partial charge in [-0.15, -0.1) is 23.1 Å². The van der Waals surface area contributed by atoms with Gasteiger partial charge in [0.2, 0.25) is 0 Å². The van der Waals surface area contributed by atoms with E-state index in [0.29, 0.717) is 16.5 Å². The average molecular weight is 258 g/mol. The third kappa shape index (κ3) is 2.12. The summed E-state index contributed by atoms with van der Waals surface area (Å²) in [5.74, 6) is 0.322. The topological polar surface area (TPSA) is 74.8 Å². The number of aliphatic hydroxyl groups is 2. The predicted molar refractivity (Wildman–Crippen MR) is 62.3 cm³/mol. The Kier molecular flexibility index (Phi) is 3.59. The summed E-state index contributed by atoms with van der Waals surface area (Å²) in [6.45, 7) is -0.286. The van der Waals surface area contributed by atoms with Crippen LogP contribution >= 0.6 is 23.1 Å². The molecule has 0 aliphatic carbocycles. The lowest BCUT2D eigenvalue weighted by Gasteiger charge is -2.04. The van der Waals surface area contributed by atoms with E-state index in [9.17, 15) is 9.90 Å². The predicted octanol–water partition coefficient (Wildman–Crippen LogP) is 0.654. The number of aliphatic hydroxyl groups excluding tert-OH is 2. The number of rotatable bonds is 5. The standard InChI is InChI=1S/C9H10N2O3S2/c12-3-6(14)5-16-8-7(4-13)11-1-2-15-9(11)10-8/h1-2,4,6,12,14H,3,5H2. The van der Waals surface area contributed by atoms with E-state index in [2.05, 4.69) is 4.98 Å². The van der Waals surface area contributed by atoms with Gasteiger partial charge in [0.1, 0.15) is 10.7 Å². The number of thioether (sulfide) groups is 1. The summed E-state index contributed by atoms with van der Waals surface area (Å²) < 4.78 is 1.71. The molecule has 1 unspecified atom stereocenters. The van der Waals surface area contributed by atoms with Crippen molar-refractivity contribution < 1.29 is 15.0 Å². The molecule has 2 rings (SSSR count). The molecule has 0 fully saturated rings. The zero-order valence-corrected chi connectivity index (χ0v) is 9.87. The first-order valence-corrected chi connectivity index (χ1v) is 6.45. The number of imidazole rings is 1. The van der Waals surface area contributed by atoms with Crippen molar-refractivity contribution in [3.05, 3.63) is 17.3 Å². The number of carbonyl (C=O) groups is 1. The van der Waals surface area contributed by atoms with Crippen molar-refractivity contribution in [1.29, 1.82) is 0 Å². The summed E-state index contributed by atoms with van der Waals surface area (Å²) in [6.07, 6.45) is 1.74. The van der Waals surface area contributed by atoms with Gasteiger partial charge in [-0.05, 0) is 0 Å². The number of fused-ring (bicyclic) bond motifs is 1. The second-order valence-corrected chi connectivity index (χ2v) is 5.00. The Hall–Kier alpha value is -0.890. The van der Waals surface area contributed by atoms with Gasteiger partial charge < -0.3 is 10.2 Å². The Balaban J connectivity index is 2.22. The second-order valence-electron chi connectivity index (χ2n) is 3.12. The van der Waals surface area contributed by atoms with Crippen molar-refractivity contribution >= 4 is 34.3 Å². The Bertz CT molecular complexity index is 494. The van der Waals surface area contributed by atoms with E-state index in [0.717, 1.165) is 11.2 Å². The lowest BCUT2D eigenvalue weighted by Crippen LogP contribution is -2.14. The fourth-order valence-electron chi connectivity index (χ4n) is 1.22. The Morgan fingerprint density at radius 2 is 2.50 bits per heavy atom. The third-order valence-corrected chi connectivity index (χ3v) is 3.88. The van der Waals surface area contributed by atoms with E-state index in [1.165, 1.54) is 23.1 Å². The van der Waals surface area contributed by atoms with Crippen LogP contribution in [0.15, 0.2) is 16.6 Å². The monoisotopic (exact) mass is 258 g/mol. The van der Waals surface area contributed by atoms with Gasteiger partial charge in [-0.2, -0.15) is 0 Å². The molecule has 86 valence electrons. The number of carbonyl (C=O) groups excluding carboxylic acids is 1. The molecule has 0 bridgehead atoms. The van der Waals surface area contributed by atoms with E-state index >= 15 is 0 Å². The van der Waals surface area contributed by atoms with E-state index < -0.39 is 6.10 Å². The Morgan fingerprint density at radius 1 is 1.69 bits per heavy atom. The summed E-state index contributed by atoms with van der Waals surface area (Å²) in [6, 6.07) is 0. The molecule has 2 aromatic rings. The van der Waals surface area contributed by atoms with Crippen molar-refractivity contribution in [1.82, 2.24) is 9.38 Å². The van der Waals surface area contributed by atoms with Crippen LogP contribution in [0.25, 0.3) is 4.96 Å². The van der Waals surface area contributed by atoms with Crippen molar-refractivity contribution in [2.75, 3.05) is 12.4 Å². The molecule has 0 aliphatic rings. The van der Waals surface area contributed by atoms with Gasteiger partial charge in [-0.25, -0.2) is 4.98 Å². The van der Waals surface area contributed by atoms with E-state index in [-0.39, 0.29) is 6.61 Å². The maximum atomic E-state index is 10.9. The van der Waals surface area contributed by atoms with Crippen molar-refractivity contribution in [3.63, 3.8) is 0 Å². The summed E-state index contributed by atoms with van der Waals surface area (Å²) in [5, 5.41) is 20.3. The number of nitrogens with zero attached hydrogens (tertiary/aromatic N) is 2. The van der Waals surface area contributed by atoms with E-state index in [1.54, 1.807) is 10.6 Å². The summed E-state index contributed by atoms with van der Waals surface area (Å²) in [7, 11) is 0. The summed E-state index contributed by atoms with van der Waals surface area (Å²) >= 11 is 2.71. The zero-order valence-electron chi connectivity index (χ0n) is 8.24. The molecule has 0 aromatic carbocycles. The Labute approximate surface area is 99.7 Å². The zero-order chi connectivity index (χ0) is 11.5. The summed E-state index contributed by atoms with van der Waals surface area (Å²) in [5.41, 5.74) is 0.492. The molecule has 1 atom stereocenters. The van der Waals surface area contributed by atoms with Gasteiger partial charge in [-0.1, -0.05) is 0 Å². The smallest absolute Gasteiger partial charge is 0.195 e. The highest BCUT2D eigenvalue weighted by Gasteiger charge is 2.14. The molecule has 0 amide bonds. The minimum absolute atomic E-state index is 0.286. The van der Waals surface area contributed by atoms with Gasteiger partial charge in [0, 0.05) is 17.3 Å². The third-order valence-electron chi connectivity index (χ3n) is 2.00. The van der Waals surface area contributed by atoms with Gasteiger partial charge in [0.25, 0.3) is 0 Å². The fourth-order valence-corrected chi connectivity index (χ4v) is 2.90. The van der Waals surface area contributed by atoms with Gasteiger partial charge in [0.05, 0.1) is 12.7 Å². The normalized spacial score (nSPS) is 13.1. The number of hydrogen-bond donors (Lipinski definition) is 2. The number of hydrogen-bond acceptors (Lipinski definition) is 6. The van der Waals surface area contributed by atoms with Crippen molar-refractivity contribution in [2.45, 2.75) is 11.1 Å². The molecule has 0 aliphatic heterocycles. The molecule has 5 nitrogen and oxygen atoms in total. The van der Waals surface area contributed by atoms with Crippen LogP contribution in [0, 0.1) is 0 Å². The average Bonchev–Trinajstić information content (AvgIpc) is 2.84. The largest absolute Gasteiger partial charge is 0.394 e. The van der Waals surface area contributed by atoms with E-state index in [1.807, 2.05) is 5.38 Å². The molecule has 7 heteroatoms. The van der Waals surface area contributed by atoms with Gasteiger partial charge in [0.15, 0.2) is 11.2 Å². The quantitative estimate of drug-likeness (QED) is 0.608. The molecule has 2 heterocycles. The van der Waals surface area contributed by atoms with Crippen LogP contribution in [0.2, 0.25) is 0 Å². The molecular weight excluding hydrogens is 248 g/mol. The number of aromatic nitrogens is 2. The maximum absolute atomic E-state index is 10.9. The van der Waals surface area contributed by atoms with Gasteiger partial charge >= 0.3 is 0 Å². The first kappa shape index (κ1) is 11.6. The number of aldehydes is 1. The molecular formula is C9H10N2O3S2. The van der Waals surface area contributed by atoms with E-state index in [4.69, 9.17) is 5.11 Å². The SMILES string of the molecule is O=Cc1c(SCC(O)CO)nc2sccn12. The minimum Gasteiger partial charge on any atom is -0.394 e. The van der Waals surface area contributed by atoms with Crippen LogP contribution in [0.1, 0.15) is 10.5 Å². The molecule has 2 N–H and O–H groups in total. The highest BCUT2D eigenvalue weighted by molar-refractivity contribution is 7.99. The highest BCUT2D eigenvalue weighted by Crippen LogP contribution is 2.25. The lowest BCUT2D eigenvalue weighted by atomic mass is 10.4. The van der Waals surface area contributed by atoms with Crippen LogP contribution in [0.4, 0.5) is 0 Å². The van der Waals surface area contributed by atoms with Crippen LogP contribution in [-0.4, -0.2) is 44.3 Å². The number of thiazole rings is 1. The minimum atomic E-state index is -0.788. The van der Waals surface area contributed by atoms with Crippen LogP contribution < -0.4 is 0 Å². The fraction of sp³-hybridized carbons (Fsp3) is 0.333. The molecule has 0 saturated heterocycles. The highest BCUT2D eigenvalue weighted by atomic mass is 32.2. The van der Waals surface area contributed by atoms with Crippen LogP contribution in [0.3, 0.4) is 0 Å².